The van der Waals surface area contributed by atoms with Gasteiger partial charge in [-0.3, -0.25) is 0 Å². The Morgan fingerprint density at radius 2 is 1.89 bits per heavy atom. The second-order valence-electron chi connectivity index (χ2n) is 3.71. The van der Waals surface area contributed by atoms with Crippen LogP contribution in [0.5, 0.6) is 17.2 Å². The minimum Gasteiger partial charge on any atom is -0.502 e. The average molecular weight is 265 g/mol. The van der Waals surface area contributed by atoms with Crippen molar-refractivity contribution < 1.29 is 14.6 Å². The van der Waals surface area contributed by atoms with Gasteiger partial charge in [-0.2, -0.15) is 11.3 Å². The van der Waals surface area contributed by atoms with Gasteiger partial charge in [-0.05, 0) is 29.1 Å². The summed E-state index contributed by atoms with van der Waals surface area (Å²) in [7, 11) is 3.04. The topological polar surface area (TPSA) is 50.7 Å². The van der Waals surface area contributed by atoms with Crippen molar-refractivity contribution >= 4 is 17.0 Å². The Balaban J connectivity index is 2.17. The minimum atomic E-state index is 0.0271. The molecule has 0 radical (unpaired) electrons. The molecule has 4 nitrogen and oxygen atoms in total. The molecular weight excluding hydrogens is 250 g/mol. The maximum Gasteiger partial charge on any atom is 0.200 e. The van der Waals surface area contributed by atoms with Gasteiger partial charge in [0.15, 0.2) is 11.5 Å². The van der Waals surface area contributed by atoms with Crippen LogP contribution in [0, 0.1) is 0 Å². The molecule has 0 atom stereocenters. The normalized spacial score (nSPS) is 10.1. The SMILES string of the molecule is COc1cc(CNc2ccsc2)cc(OC)c1O. The van der Waals surface area contributed by atoms with Crippen molar-refractivity contribution in [2.45, 2.75) is 6.54 Å². The number of thiophene rings is 1. The average Bonchev–Trinajstić information content (AvgIpc) is 2.90. The summed E-state index contributed by atoms with van der Waals surface area (Å²) in [5.74, 6) is 0.854. The number of phenolic OH excluding ortho intramolecular Hbond substituents is 1. The van der Waals surface area contributed by atoms with Crippen LogP contribution in [-0.2, 0) is 6.54 Å². The van der Waals surface area contributed by atoms with Gasteiger partial charge in [0.25, 0.3) is 0 Å². The molecule has 0 aliphatic rings. The van der Waals surface area contributed by atoms with Gasteiger partial charge in [-0.15, -0.1) is 0 Å². The van der Waals surface area contributed by atoms with E-state index in [0.717, 1.165) is 11.3 Å². The molecule has 0 unspecified atom stereocenters. The number of anilines is 1. The summed E-state index contributed by atoms with van der Waals surface area (Å²) in [6.45, 7) is 0.643. The summed E-state index contributed by atoms with van der Waals surface area (Å²) in [6, 6.07) is 5.59. The van der Waals surface area contributed by atoms with E-state index in [1.165, 1.54) is 14.2 Å². The van der Waals surface area contributed by atoms with Crippen LogP contribution in [0.1, 0.15) is 5.56 Å². The highest BCUT2D eigenvalue weighted by Crippen LogP contribution is 2.37. The Kier molecular flexibility index (Phi) is 3.94. The van der Waals surface area contributed by atoms with Crippen molar-refractivity contribution in [3.05, 3.63) is 34.5 Å². The smallest absolute Gasteiger partial charge is 0.200 e. The van der Waals surface area contributed by atoms with Crippen LogP contribution >= 0.6 is 11.3 Å². The molecule has 1 heterocycles. The molecule has 2 rings (SSSR count). The molecule has 2 aromatic rings. The first-order valence-electron chi connectivity index (χ1n) is 5.44. The summed E-state index contributed by atoms with van der Waals surface area (Å²) in [5.41, 5.74) is 2.05. The zero-order valence-electron chi connectivity index (χ0n) is 10.3. The lowest BCUT2D eigenvalue weighted by molar-refractivity contribution is 0.339. The van der Waals surface area contributed by atoms with Gasteiger partial charge in [-0.1, -0.05) is 0 Å². The van der Waals surface area contributed by atoms with E-state index in [-0.39, 0.29) is 5.75 Å². The van der Waals surface area contributed by atoms with Gasteiger partial charge in [0.1, 0.15) is 0 Å². The van der Waals surface area contributed by atoms with Gasteiger partial charge in [-0.25, -0.2) is 0 Å². The van der Waals surface area contributed by atoms with E-state index in [9.17, 15) is 5.11 Å². The molecule has 1 aromatic heterocycles. The van der Waals surface area contributed by atoms with E-state index in [0.29, 0.717) is 18.0 Å². The highest BCUT2D eigenvalue weighted by molar-refractivity contribution is 7.08. The van der Waals surface area contributed by atoms with Crippen molar-refractivity contribution in [1.82, 2.24) is 0 Å². The quantitative estimate of drug-likeness (QED) is 0.872. The van der Waals surface area contributed by atoms with Crippen LogP contribution in [0.3, 0.4) is 0 Å². The Bertz CT molecular complexity index is 486. The molecular formula is C13H15NO3S. The molecule has 0 saturated carbocycles. The summed E-state index contributed by atoms with van der Waals surface area (Å²) >= 11 is 1.64. The van der Waals surface area contributed by atoms with Crippen LogP contribution in [0.25, 0.3) is 0 Å². The van der Waals surface area contributed by atoms with E-state index in [1.807, 2.05) is 16.8 Å². The highest BCUT2D eigenvalue weighted by Gasteiger charge is 2.10. The number of hydrogen-bond acceptors (Lipinski definition) is 5. The van der Waals surface area contributed by atoms with Crippen LogP contribution in [-0.4, -0.2) is 19.3 Å². The molecule has 5 heteroatoms. The van der Waals surface area contributed by atoms with Gasteiger partial charge in [0, 0.05) is 17.6 Å². The first-order chi connectivity index (χ1) is 8.74. The lowest BCUT2D eigenvalue weighted by atomic mass is 10.2. The molecule has 0 aliphatic heterocycles. The zero-order chi connectivity index (χ0) is 13.0. The molecule has 0 amide bonds. The molecule has 96 valence electrons. The van der Waals surface area contributed by atoms with Crippen LogP contribution in [0.15, 0.2) is 29.0 Å². The molecule has 0 aliphatic carbocycles. The van der Waals surface area contributed by atoms with E-state index in [1.54, 1.807) is 23.5 Å². The van der Waals surface area contributed by atoms with Crippen LogP contribution < -0.4 is 14.8 Å². The number of phenols is 1. The fourth-order valence-electron chi connectivity index (χ4n) is 1.62. The van der Waals surface area contributed by atoms with Gasteiger partial charge in [0.05, 0.1) is 14.2 Å². The van der Waals surface area contributed by atoms with Gasteiger partial charge >= 0.3 is 0 Å². The fourth-order valence-corrected chi connectivity index (χ4v) is 2.23. The second-order valence-corrected chi connectivity index (χ2v) is 4.49. The Labute approximate surface area is 110 Å². The van der Waals surface area contributed by atoms with E-state index in [2.05, 4.69) is 5.32 Å². The molecule has 1 aromatic carbocycles. The molecule has 18 heavy (non-hydrogen) atoms. The predicted octanol–water partition coefficient (Wildman–Crippen LogP) is 3.08. The number of nitrogens with one attached hydrogen (secondary N) is 1. The Morgan fingerprint density at radius 1 is 1.22 bits per heavy atom. The zero-order valence-corrected chi connectivity index (χ0v) is 11.1. The third kappa shape index (κ3) is 2.68. The first kappa shape index (κ1) is 12.6. The Hall–Kier alpha value is -1.88. The van der Waals surface area contributed by atoms with Crippen molar-refractivity contribution in [1.29, 1.82) is 0 Å². The summed E-state index contributed by atoms with van der Waals surface area (Å²) in [6.07, 6.45) is 0. The highest BCUT2D eigenvalue weighted by atomic mass is 32.1. The summed E-state index contributed by atoms with van der Waals surface area (Å²) < 4.78 is 10.2. The van der Waals surface area contributed by atoms with Crippen molar-refractivity contribution in [2.24, 2.45) is 0 Å². The van der Waals surface area contributed by atoms with E-state index < -0.39 is 0 Å². The predicted molar refractivity (Wildman–Crippen MR) is 72.9 cm³/mol. The minimum absolute atomic E-state index is 0.0271. The number of aromatic hydroxyl groups is 1. The van der Waals surface area contributed by atoms with Crippen LogP contribution in [0.4, 0.5) is 5.69 Å². The first-order valence-corrected chi connectivity index (χ1v) is 6.39. The number of benzene rings is 1. The molecule has 0 saturated heterocycles. The summed E-state index contributed by atoms with van der Waals surface area (Å²) in [4.78, 5) is 0. The molecule has 0 bridgehead atoms. The van der Waals surface area contributed by atoms with Crippen molar-refractivity contribution in [3.63, 3.8) is 0 Å². The third-order valence-corrected chi connectivity index (χ3v) is 3.24. The fraction of sp³-hybridized carbons (Fsp3) is 0.231. The lowest BCUT2D eigenvalue weighted by Crippen LogP contribution is -2.00. The maximum atomic E-state index is 9.80. The third-order valence-electron chi connectivity index (χ3n) is 2.56. The Morgan fingerprint density at radius 3 is 2.39 bits per heavy atom. The molecule has 0 fully saturated rings. The van der Waals surface area contributed by atoms with Gasteiger partial charge < -0.3 is 19.9 Å². The van der Waals surface area contributed by atoms with Gasteiger partial charge in [0.2, 0.25) is 5.75 Å². The number of ether oxygens (including phenoxy) is 2. The number of hydrogen-bond donors (Lipinski definition) is 2. The lowest BCUT2D eigenvalue weighted by Gasteiger charge is -2.11. The largest absolute Gasteiger partial charge is 0.502 e. The van der Waals surface area contributed by atoms with Crippen LogP contribution in [0.2, 0.25) is 0 Å². The maximum absolute atomic E-state index is 9.80. The molecule has 0 spiro atoms. The summed E-state index contributed by atoms with van der Waals surface area (Å²) in [5, 5.41) is 17.1. The molecule has 2 N–H and O–H groups in total. The van der Waals surface area contributed by atoms with E-state index in [4.69, 9.17) is 9.47 Å². The van der Waals surface area contributed by atoms with Crippen molar-refractivity contribution in [2.75, 3.05) is 19.5 Å². The van der Waals surface area contributed by atoms with Crippen molar-refractivity contribution in [3.8, 4) is 17.2 Å². The number of methoxy groups -OCH3 is 2. The monoisotopic (exact) mass is 265 g/mol. The van der Waals surface area contributed by atoms with E-state index >= 15 is 0 Å². The number of rotatable bonds is 5. The standard InChI is InChI=1S/C13H15NO3S/c1-16-11-5-9(6-12(17-2)13(11)15)7-14-10-3-4-18-8-10/h3-6,8,14-15H,7H2,1-2H3. The second kappa shape index (κ2) is 5.64.